The largest absolute Gasteiger partial charge is 0.457 e. The van der Waals surface area contributed by atoms with Crippen LogP contribution in [0.15, 0.2) is 103 Å². The highest BCUT2D eigenvalue weighted by molar-refractivity contribution is 7.00. The van der Waals surface area contributed by atoms with Crippen LogP contribution < -0.4 is 26.2 Å². The summed E-state index contributed by atoms with van der Waals surface area (Å²) in [6.07, 6.45) is 2.27. The quantitative estimate of drug-likeness (QED) is 0.130. The molecule has 286 valence electrons. The fourth-order valence-electron chi connectivity index (χ4n) is 10.5. The first-order valence-electron chi connectivity index (χ1n) is 20.6. The smallest absolute Gasteiger partial charge is 0.338 e. The molecule has 0 N–H and O–H groups in total. The highest BCUT2D eigenvalue weighted by Gasteiger charge is 2.47. The Bertz CT molecular complexity index is 2590. The summed E-state index contributed by atoms with van der Waals surface area (Å²) in [5.41, 5.74) is 22.2. The number of ether oxygens (including phenoxy) is 1. The van der Waals surface area contributed by atoms with Crippen molar-refractivity contribution in [2.75, 3.05) is 9.80 Å². The molecule has 0 fully saturated rings. The number of esters is 1. The summed E-state index contributed by atoms with van der Waals surface area (Å²) >= 11 is 0. The van der Waals surface area contributed by atoms with Gasteiger partial charge in [0, 0.05) is 22.7 Å². The first-order chi connectivity index (χ1) is 27.1. The van der Waals surface area contributed by atoms with Gasteiger partial charge in [0.15, 0.2) is 0 Å². The Morgan fingerprint density at radius 3 is 1.63 bits per heavy atom. The van der Waals surface area contributed by atoms with E-state index < -0.39 is 0 Å². The number of carbonyl (C=O) groups excluding carboxylic acids is 1. The number of benzene rings is 6. The van der Waals surface area contributed by atoms with Gasteiger partial charge in [-0.2, -0.15) is 0 Å². The van der Waals surface area contributed by atoms with Gasteiger partial charge in [-0.25, -0.2) is 4.79 Å². The molecule has 1 aliphatic carbocycles. The summed E-state index contributed by atoms with van der Waals surface area (Å²) in [7, 11) is 0. The van der Waals surface area contributed by atoms with Crippen LogP contribution in [0.5, 0.6) is 0 Å². The van der Waals surface area contributed by atoms with Crippen molar-refractivity contribution in [2.24, 2.45) is 0 Å². The van der Waals surface area contributed by atoms with Gasteiger partial charge in [-0.1, -0.05) is 118 Å². The van der Waals surface area contributed by atoms with Crippen LogP contribution in [-0.2, 0) is 22.2 Å². The first kappa shape index (κ1) is 37.1. The molecule has 4 nitrogen and oxygen atoms in total. The van der Waals surface area contributed by atoms with E-state index in [1.165, 1.54) is 72.3 Å². The van der Waals surface area contributed by atoms with E-state index >= 15 is 0 Å². The van der Waals surface area contributed by atoms with Crippen LogP contribution >= 0.6 is 0 Å². The van der Waals surface area contributed by atoms with E-state index in [0.717, 1.165) is 41.2 Å². The molecule has 6 aromatic carbocycles. The molecule has 5 heteroatoms. The molecule has 57 heavy (non-hydrogen) atoms. The van der Waals surface area contributed by atoms with E-state index in [9.17, 15) is 4.79 Å². The third kappa shape index (κ3) is 5.92. The predicted octanol–water partition coefficient (Wildman–Crippen LogP) is 11.3. The number of fused-ring (bicyclic) bond motifs is 5. The van der Waals surface area contributed by atoms with Crippen molar-refractivity contribution in [3.63, 3.8) is 0 Å². The molecule has 6 aromatic rings. The Hall–Kier alpha value is -5.55. The van der Waals surface area contributed by atoms with E-state index in [1.807, 2.05) is 30.3 Å². The SMILES string of the molecule is Cc1cc(C)c(N2c3ccccc3B3c4cc5c(cc4N(c4c(C)cc(C)cc4C)c4cc(C(=O)OCc6ccccc6)cc2c43)C(C)(C)CCC5(C)C)c(C)c1. The van der Waals surface area contributed by atoms with Gasteiger partial charge in [0.2, 0.25) is 0 Å². The van der Waals surface area contributed by atoms with Crippen LogP contribution in [0.25, 0.3) is 0 Å². The lowest BCUT2D eigenvalue weighted by atomic mass is 9.33. The average molecular weight is 749 g/mol. The number of nitrogens with zero attached hydrogens (tertiary/aromatic N) is 2. The zero-order chi connectivity index (χ0) is 40.1. The van der Waals surface area contributed by atoms with Crippen molar-refractivity contribution >= 4 is 63.2 Å². The Labute approximate surface area is 339 Å². The molecule has 9 rings (SSSR count). The summed E-state index contributed by atoms with van der Waals surface area (Å²) in [4.78, 5) is 19.4. The zero-order valence-corrected chi connectivity index (χ0v) is 35.2. The van der Waals surface area contributed by atoms with Gasteiger partial charge in [-0.3, -0.25) is 0 Å². The third-order valence-corrected chi connectivity index (χ3v) is 13.1. The number of rotatable bonds is 5. The van der Waals surface area contributed by atoms with E-state index in [1.54, 1.807) is 0 Å². The predicted molar refractivity (Wildman–Crippen MR) is 240 cm³/mol. The van der Waals surface area contributed by atoms with Crippen LogP contribution in [0.2, 0.25) is 0 Å². The molecule has 0 radical (unpaired) electrons. The number of anilines is 6. The van der Waals surface area contributed by atoms with Crippen LogP contribution in [-0.4, -0.2) is 12.7 Å². The average Bonchev–Trinajstić information content (AvgIpc) is 3.16. The number of para-hydroxylation sites is 1. The summed E-state index contributed by atoms with van der Waals surface area (Å²) in [5, 5.41) is 0. The normalized spacial score (nSPS) is 15.7. The standard InChI is InChI=1S/C52H53BN2O2/c1-31-22-33(3)48(34(4)23-31)54-43-19-15-14-18-41(43)53-42-28-39-40(52(9,10)21-20-51(39,7)8)29-44(42)55(49-35(5)24-32(2)25-36(49)6)46-27-38(26-45(54)47(46)53)50(56)57-30-37-16-12-11-13-17-37/h11-19,22-29H,20-21,30H2,1-10H3. The molecule has 0 aromatic heterocycles. The topological polar surface area (TPSA) is 32.8 Å². The second-order valence-electron chi connectivity index (χ2n) is 18.4. The van der Waals surface area contributed by atoms with E-state index in [0.29, 0.717) is 5.56 Å². The minimum absolute atomic E-state index is 0.0131. The Morgan fingerprint density at radius 1 is 0.579 bits per heavy atom. The first-order valence-corrected chi connectivity index (χ1v) is 20.6. The number of carbonyl (C=O) groups is 1. The molecule has 0 amide bonds. The van der Waals surface area contributed by atoms with Crippen LogP contribution in [0.4, 0.5) is 34.1 Å². The molecule has 0 saturated carbocycles. The van der Waals surface area contributed by atoms with E-state index in [-0.39, 0.29) is 30.1 Å². The molecule has 2 heterocycles. The fraction of sp³-hybridized carbons (Fsp3) is 0.288. The van der Waals surface area contributed by atoms with E-state index in [4.69, 9.17) is 4.74 Å². The Balaban J connectivity index is 1.40. The minimum Gasteiger partial charge on any atom is -0.457 e. The molecule has 0 unspecified atom stereocenters. The maximum atomic E-state index is 14.5. The minimum atomic E-state index is -0.331. The van der Waals surface area contributed by atoms with Gasteiger partial charge in [-0.05, 0) is 145 Å². The molecule has 0 spiro atoms. The number of aryl methyl sites for hydroxylation is 6. The molecule has 0 saturated heterocycles. The number of hydrogen-bond donors (Lipinski definition) is 0. The maximum absolute atomic E-state index is 14.5. The van der Waals surface area contributed by atoms with Gasteiger partial charge in [-0.15, -0.1) is 0 Å². The van der Waals surface area contributed by atoms with Gasteiger partial charge in [0.05, 0.1) is 16.9 Å². The van der Waals surface area contributed by atoms with E-state index in [2.05, 4.69) is 152 Å². The lowest BCUT2D eigenvalue weighted by molar-refractivity contribution is 0.0473. The van der Waals surface area contributed by atoms with Crippen molar-refractivity contribution in [2.45, 2.75) is 99.5 Å². The monoisotopic (exact) mass is 748 g/mol. The summed E-state index contributed by atoms with van der Waals surface area (Å²) in [6.45, 7) is 23.1. The molecular formula is C52H53BN2O2. The second kappa shape index (κ2) is 13.3. The van der Waals surface area contributed by atoms with Crippen molar-refractivity contribution < 1.29 is 9.53 Å². The lowest BCUT2D eigenvalue weighted by Crippen LogP contribution is -2.62. The highest BCUT2D eigenvalue weighted by Crippen LogP contribution is 2.51. The lowest BCUT2D eigenvalue weighted by Gasteiger charge is -2.48. The van der Waals surface area contributed by atoms with Gasteiger partial charge in [0.25, 0.3) is 6.71 Å². The maximum Gasteiger partial charge on any atom is 0.338 e. The fourth-order valence-corrected chi connectivity index (χ4v) is 10.5. The van der Waals surface area contributed by atoms with Gasteiger partial charge in [0.1, 0.15) is 6.61 Å². The zero-order valence-electron chi connectivity index (χ0n) is 35.2. The van der Waals surface area contributed by atoms with Gasteiger partial charge >= 0.3 is 5.97 Å². The molecule has 0 bridgehead atoms. The van der Waals surface area contributed by atoms with Crippen LogP contribution in [0.1, 0.15) is 101 Å². The van der Waals surface area contributed by atoms with Crippen molar-refractivity contribution in [1.82, 2.24) is 0 Å². The molecule has 0 atom stereocenters. The summed E-state index contributed by atoms with van der Waals surface area (Å²) in [6, 6.07) is 37.4. The molecular weight excluding hydrogens is 695 g/mol. The Morgan fingerprint density at radius 2 is 1.07 bits per heavy atom. The van der Waals surface area contributed by atoms with Crippen molar-refractivity contribution in [1.29, 1.82) is 0 Å². The summed E-state index contributed by atoms with van der Waals surface area (Å²) in [5.74, 6) is -0.331. The second-order valence-corrected chi connectivity index (χ2v) is 18.4. The van der Waals surface area contributed by atoms with Crippen LogP contribution in [0, 0.1) is 41.5 Å². The molecule has 2 aliphatic heterocycles. The van der Waals surface area contributed by atoms with Gasteiger partial charge < -0.3 is 14.5 Å². The van der Waals surface area contributed by atoms with Crippen molar-refractivity contribution in [3.8, 4) is 0 Å². The van der Waals surface area contributed by atoms with Crippen LogP contribution in [0.3, 0.4) is 0 Å². The Kier molecular flexibility index (Phi) is 8.62. The number of hydrogen-bond acceptors (Lipinski definition) is 4. The summed E-state index contributed by atoms with van der Waals surface area (Å²) < 4.78 is 6.15. The van der Waals surface area contributed by atoms with Crippen molar-refractivity contribution in [3.05, 3.63) is 159 Å². The molecule has 3 aliphatic rings. The highest BCUT2D eigenvalue weighted by atomic mass is 16.5. The third-order valence-electron chi connectivity index (χ3n) is 13.1.